The van der Waals surface area contributed by atoms with E-state index in [9.17, 15) is 14.2 Å². The van der Waals surface area contributed by atoms with Crippen LogP contribution in [-0.2, 0) is 18.7 Å². The normalized spacial score (nSPS) is 15.8. The minimum absolute atomic E-state index is 0.0317. The van der Waals surface area contributed by atoms with Gasteiger partial charge in [-0.05, 0) is 20.3 Å². The van der Waals surface area contributed by atoms with Crippen molar-refractivity contribution in [1.82, 2.24) is 5.32 Å². The van der Waals surface area contributed by atoms with Crippen LogP contribution in [-0.4, -0.2) is 40.7 Å². The number of rotatable bonds is 9. The summed E-state index contributed by atoms with van der Waals surface area (Å²) in [4.78, 5) is 30.9. The summed E-state index contributed by atoms with van der Waals surface area (Å²) in [6.07, 6.45) is 1.07. The van der Waals surface area contributed by atoms with Crippen LogP contribution in [0.3, 0.4) is 0 Å². The van der Waals surface area contributed by atoms with Crippen LogP contribution in [0.25, 0.3) is 0 Å². The molecule has 8 heteroatoms. The number of nitrogens with one attached hydrogen (secondary N) is 1. The lowest BCUT2D eigenvalue weighted by Gasteiger charge is -2.14. The molecule has 0 bridgehead atoms. The summed E-state index contributed by atoms with van der Waals surface area (Å²) in [7, 11) is -4.00. The minimum atomic E-state index is -4.00. The number of aliphatic hydroxyl groups is 1. The van der Waals surface area contributed by atoms with Gasteiger partial charge in [0.2, 0.25) is 5.91 Å². The molecular formula is C10H20NO6P. The van der Waals surface area contributed by atoms with Gasteiger partial charge in [0.25, 0.3) is 0 Å². The van der Waals surface area contributed by atoms with Gasteiger partial charge in [0.1, 0.15) is 5.78 Å². The van der Waals surface area contributed by atoms with E-state index in [1.54, 1.807) is 0 Å². The van der Waals surface area contributed by atoms with Crippen LogP contribution in [0.4, 0.5) is 0 Å². The van der Waals surface area contributed by atoms with Crippen LogP contribution in [0.2, 0.25) is 0 Å². The van der Waals surface area contributed by atoms with Gasteiger partial charge in [-0.1, -0.05) is 0 Å². The third-order valence-electron chi connectivity index (χ3n) is 2.11. The summed E-state index contributed by atoms with van der Waals surface area (Å²) in [5.74, 6) is -1.67. The Labute approximate surface area is 106 Å². The highest BCUT2D eigenvalue weighted by molar-refractivity contribution is 7.53. The first-order valence-electron chi connectivity index (χ1n) is 5.67. The van der Waals surface area contributed by atoms with Gasteiger partial charge >= 0.3 is 7.60 Å². The number of Topliss-reactive ketones (excluding diaryl/α,β-unsaturated/α-hetero) is 1. The van der Waals surface area contributed by atoms with Gasteiger partial charge in [0, 0.05) is 19.4 Å². The molecular weight excluding hydrogens is 261 g/mol. The topological polar surface area (TPSA) is 113 Å². The first-order valence-corrected chi connectivity index (χ1v) is 7.31. The monoisotopic (exact) mass is 281 g/mol. The molecule has 0 aliphatic heterocycles. The molecule has 1 amide bonds. The Kier molecular flexibility index (Phi) is 8.02. The number of amides is 1. The van der Waals surface area contributed by atoms with Gasteiger partial charge in [0.05, 0.1) is 6.61 Å². The molecule has 106 valence electrons. The molecule has 7 nitrogen and oxygen atoms in total. The van der Waals surface area contributed by atoms with Crippen LogP contribution in [0.1, 0.15) is 33.1 Å². The van der Waals surface area contributed by atoms with Gasteiger partial charge in [-0.3, -0.25) is 9.36 Å². The highest BCUT2D eigenvalue weighted by Gasteiger charge is 2.25. The first-order chi connectivity index (χ1) is 8.25. The lowest BCUT2D eigenvalue weighted by Crippen LogP contribution is -2.27. The van der Waals surface area contributed by atoms with E-state index >= 15 is 0 Å². The average molecular weight is 281 g/mol. The molecule has 2 atom stereocenters. The van der Waals surface area contributed by atoms with Crippen LogP contribution < -0.4 is 5.32 Å². The zero-order valence-electron chi connectivity index (χ0n) is 10.6. The molecule has 0 aromatic rings. The fraction of sp³-hybridized carbons (Fsp3) is 0.800. The van der Waals surface area contributed by atoms with Crippen molar-refractivity contribution in [2.75, 3.05) is 13.2 Å². The van der Waals surface area contributed by atoms with E-state index in [1.165, 1.54) is 6.92 Å². The first kappa shape index (κ1) is 17.2. The van der Waals surface area contributed by atoms with Crippen molar-refractivity contribution in [3.63, 3.8) is 0 Å². The fourth-order valence-electron chi connectivity index (χ4n) is 1.06. The number of ketones is 1. The number of hydrogen-bond acceptors (Lipinski definition) is 5. The Bertz CT molecular complexity index is 330. The molecule has 0 saturated heterocycles. The van der Waals surface area contributed by atoms with Crippen molar-refractivity contribution in [1.29, 1.82) is 0 Å². The Morgan fingerprint density at radius 3 is 2.50 bits per heavy atom. The molecule has 0 spiro atoms. The molecule has 0 radical (unpaired) electrons. The second-order valence-corrected chi connectivity index (χ2v) is 6.07. The Morgan fingerprint density at radius 2 is 2.00 bits per heavy atom. The molecule has 2 unspecified atom stereocenters. The van der Waals surface area contributed by atoms with Gasteiger partial charge in [-0.25, -0.2) is 0 Å². The van der Waals surface area contributed by atoms with Crippen molar-refractivity contribution in [2.24, 2.45) is 0 Å². The van der Waals surface area contributed by atoms with Crippen molar-refractivity contribution in [3.05, 3.63) is 0 Å². The summed E-state index contributed by atoms with van der Waals surface area (Å²) in [6.45, 7) is 2.54. The second-order valence-electron chi connectivity index (χ2n) is 3.93. The van der Waals surface area contributed by atoms with Gasteiger partial charge in [0.15, 0.2) is 5.85 Å². The average Bonchev–Trinajstić information content (AvgIpc) is 2.23. The fourth-order valence-corrected chi connectivity index (χ4v) is 1.63. The standard InChI is InChI=1S/C10H20NO6P/c1-8(12)4-3-5-10(14)11-6-7-17-18(15,16)9(2)13/h9,13H,3-7H2,1-2H3,(H,11,14)(H,15,16). The molecule has 3 N–H and O–H groups in total. The molecule has 0 aliphatic rings. The molecule has 0 aromatic heterocycles. The summed E-state index contributed by atoms with van der Waals surface area (Å²) >= 11 is 0. The quantitative estimate of drug-likeness (QED) is 0.416. The van der Waals surface area contributed by atoms with Gasteiger partial charge in [-0.15, -0.1) is 0 Å². The minimum Gasteiger partial charge on any atom is -0.381 e. The maximum absolute atomic E-state index is 11.2. The van der Waals surface area contributed by atoms with Crippen LogP contribution in [0.15, 0.2) is 0 Å². The lowest BCUT2D eigenvalue weighted by atomic mass is 10.2. The molecule has 0 saturated carbocycles. The third kappa shape index (κ3) is 8.36. The number of carbonyl (C=O) groups is 2. The highest BCUT2D eigenvalue weighted by Crippen LogP contribution is 2.45. The Hall–Kier alpha value is -0.750. The zero-order chi connectivity index (χ0) is 14.2. The molecule has 18 heavy (non-hydrogen) atoms. The smallest absolute Gasteiger partial charge is 0.356 e. The molecule has 0 aliphatic carbocycles. The molecule has 0 heterocycles. The molecule has 0 fully saturated rings. The predicted octanol–water partition coefficient (Wildman–Crippen LogP) is 0.402. The Balaban J connectivity index is 3.63. The van der Waals surface area contributed by atoms with Crippen molar-refractivity contribution < 1.29 is 28.7 Å². The van der Waals surface area contributed by atoms with Gasteiger partial charge < -0.3 is 24.6 Å². The van der Waals surface area contributed by atoms with Crippen LogP contribution in [0.5, 0.6) is 0 Å². The largest absolute Gasteiger partial charge is 0.381 e. The highest BCUT2D eigenvalue weighted by atomic mass is 31.2. The Morgan fingerprint density at radius 1 is 1.39 bits per heavy atom. The van der Waals surface area contributed by atoms with E-state index in [1.807, 2.05) is 0 Å². The van der Waals surface area contributed by atoms with E-state index in [0.717, 1.165) is 6.92 Å². The lowest BCUT2D eigenvalue weighted by molar-refractivity contribution is -0.121. The zero-order valence-corrected chi connectivity index (χ0v) is 11.5. The van der Waals surface area contributed by atoms with Crippen molar-refractivity contribution in [3.8, 4) is 0 Å². The van der Waals surface area contributed by atoms with Crippen molar-refractivity contribution in [2.45, 2.75) is 39.0 Å². The number of carbonyl (C=O) groups excluding carboxylic acids is 2. The second kappa shape index (κ2) is 8.37. The number of aliphatic hydroxyl groups excluding tert-OH is 1. The maximum Gasteiger partial charge on any atom is 0.356 e. The van der Waals surface area contributed by atoms with E-state index in [-0.39, 0.29) is 31.3 Å². The van der Waals surface area contributed by atoms with Crippen molar-refractivity contribution >= 4 is 19.3 Å². The number of hydrogen-bond donors (Lipinski definition) is 3. The van der Waals surface area contributed by atoms with E-state index in [0.29, 0.717) is 12.8 Å². The summed E-state index contributed by atoms with van der Waals surface area (Å²) < 4.78 is 15.7. The summed E-state index contributed by atoms with van der Waals surface area (Å²) in [5.41, 5.74) is 0. The van der Waals surface area contributed by atoms with E-state index in [2.05, 4.69) is 9.84 Å². The molecule has 0 aromatic carbocycles. The van der Waals surface area contributed by atoms with E-state index in [4.69, 9.17) is 10.00 Å². The molecule has 0 rings (SSSR count). The van der Waals surface area contributed by atoms with Crippen LogP contribution >= 0.6 is 7.60 Å². The predicted molar refractivity (Wildman–Crippen MR) is 65.0 cm³/mol. The third-order valence-corrected chi connectivity index (χ3v) is 3.60. The summed E-state index contributed by atoms with van der Waals surface area (Å²) in [5, 5.41) is 11.4. The van der Waals surface area contributed by atoms with Crippen LogP contribution in [0, 0.1) is 0 Å². The van der Waals surface area contributed by atoms with E-state index < -0.39 is 13.4 Å². The van der Waals surface area contributed by atoms with Gasteiger partial charge in [-0.2, -0.15) is 0 Å². The maximum atomic E-state index is 11.2. The summed E-state index contributed by atoms with van der Waals surface area (Å²) in [6, 6.07) is 0. The SMILES string of the molecule is CC(=O)CCCC(=O)NCCOP(=O)(O)C(C)O.